The highest BCUT2D eigenvalue weighted by molar-refractivity contribution is 7.92. The Morgan fingerprint density at radius 2 is 1.36 bits per heavy atom. The van der Waals surface area contributed by atoms with Crippen LogP contribution in [0.15, 0.2) is 108 Å². The summed E-state index contributed by atoms with van der Waals surface area (Å²) in [5, 5.41) is 3.72. The lowest BCUT2D eigenvalue weighted by atomic mass is 10.0. The number of benzene rings is 4. The summed E-state index contributed by atoms with van der Waals surface area (Å²) in [7, 11) is -4.27. The minimum Gasteiger partial charge on any atom is -0.354 e. The molecular weight excluding hydrogens is 653 g/mol. The van der Waals surface area contributed by atoms with Crippen molar-refractivity contribution in [2.75, 3.05) is 17.4 Å². The molecule has 1 N–H and O–H groups in total. The third kappa shape index (κ3) is 8.79. The number of hydrogen-bond donors (Lipinski definition) is 1. The lowest BCUT2D eigenvalue weighted by Crippen LogP contribution is -2.53. The molecule has 4 rings (SSSR count). The van der Waals surface area contributed by atoms with E-state index in [0.717, 1.165) is 22.7 Å². The summed E-state index contributed by atoms with van der Waals surface area (Å²) in [4.78, 5) is 29.7. The van der Waals surface area contributed by atoms with Crippen LogP contribution in [-0.2, 0) is 32.6 Å². The molecule has 0 unspecified atom stereocenters. The van der Waals surface area contributed by atoms with Crippen molar-refractivity contribution in [3.8, 4) is 0 Å². The Kier molecular flexibility index (Phi) is 12.3. The van der Waals surface area contributed by atoms with Crippen LogP contribution in [-0.4, -0.2) is 44.3 Å². The molecule has 0 fully saturated rings. The first-order valence-corrected chi connectivity index (χ1v) is 17.1. The fourth-order valence-electron chi connectivity index (χ4n) is 4.80. The first kappa shape index (κ1) is 34.3. The molecule has 1 atom stereocenters. The molecular formula is C34H34Cl3N3O4S. The number of anilines is 1. The van der Waals surface area contributed by atoms with Crippen LogP contribution in [0.3, 0.4) is 0 Å². The van der Waals surface area contributed by atoms with Crippen molar-refractivity contribution in [3.63, 3.8) is 0 Å². The van der Waals surface area contributed by atoms with E-state index < -0.39 is 28.5 Å². The molecule has 0 bridgehead atoms. The van der Waals surface area contributed by atoms with Gasteiger partial charge in [0.25, 0.3) is 10.0 Å². The normalized spacial score (nSPS) is 11.9. The number of para-hydroxylation sites is 1. The van der Waals surface area contributed by atoms with Crippen LogP contribution in [0.2, 0.25) is 15.1 Å². The number of sulfonamides is 1. The molecule has 0 aliphatic heterocycles. The number of carbonyl (C=O) groups is 2. The monoisotopic (exact) mass is 685 g/mol. The van der Waals surface area contributed by atoms with Gasteiger partial charge in [-0.1, -0.05) is 115 Å². The standard InChI is InChI=1S/C34H34Cl3N3O4S/c1-2-3-21-38-34(42)32(22-25-13-6-4-7-14-25)39(23-27-28(35)18-12-19-29(27)36)33(41)24-40(31-20-11-10-17-30(31)37)45(43,44)26-15-8-5-9-16-26/h4-20,32H,2-3,21-24H2,1H3,(H,38,42)/t32-/m0/s1. The van der Waals surface area contributed by atoms with Crippen LogP contribution >= 0.6 is 34.8 Å². The molecule has 0 spiro atoms. The van der Waals surface area contributed by atoms with Gasteiger partial charge in [0.05, 0.1) is 15.6 Å². The molecule has 0 saturated carbocycles. The molecule has 2 amide bonds. The van der Waals surface area contributed by atoms with Crippen LogP contribution < -0.4 is 9.62 Å². The van der Waals surface area contributed by atoms with Crippen molar-refractivity contribution < 1.29 is 18.0 Å². The van der Waals surface area contributed by atoms with Gasteiger partial charge in [0.2, 0.25) is 11.8 Å². The van der Waals surface area contributed by atoms with Crippen LogP contribution in [0.4, 0.5) is 5.69 Å². The van der Waals surface area contributed by atoms with Gasteiger partial charge < -0.3 is 10.2 Å². The zero-order valence-corrected chi connectivity index (χ0v) is 27.8. The molecule has 0 aliphatic carbocycles. The number of carbonyl (C=O) groups excluding carboxylic acids is 2. The van der Waals surface area contributed by atoms with Crippen molar-refractivity contribution in [3.05, 3.63) is 129 Å². The Balaban J connectivity index is 1.82. The van der Waals surface area contributed by atoms with E-state index in [0.29, 0.717) is 22.2 Å². The fourth-order valence-corrected chi connectivity index (χ4v) is 7.06. The van der Waals surface area contributed by atoms with Gasteiger partial charge in [-0.3, -0.25) is 13.9 Å². The van der Waals surface area contributed by atoms with Gasteiger partial charge in [0, 0.05) is 35.1 Å². The zero-order chi connectivity index (χ0) is 32.4. The molecule has 236 valence electrons. The second kappa shape index (κ2) is 16.1. The number of nitrogens with zero attached hydrogens (tertiary/aromatic N) is 2. The highest BCUT2D eigenvalue weighted by atomic mass is 35.5. The van der Waals surface area contributed by atoms with Crippen LogP contribution in [0.25, 0.3) is 0 Å². The fraction of sp³-hybridized carbons (Fsp3) is 0.235. The van der Waals surface area contributed by atoms with Crippen LogP contribution in [0.1, 0.15) is 30.9 Å². The Hall–Kier alpha value is -3.56. The van der Waals surface area contributed by atoms with Crippen molar-refractivity contribution in [2.24, 2.45) is 0 Å². The summed E-state index contributed by atoms with van der Waals surface area (Å²) in [6, 6.07) is 27.5. The quantitative estimate of drug-likeness (QED) is 0.140. The molecule has 0 aliphatic rings. The number of halogens is 3. The topological polar surface area (TPSA) is 86.8 Å². The summed E-state index contributed by atoms with van der Waals surface area (Å²) in [5.74, 6) is -1.02. The van der Waals surface area contributed by atoms with Crippen LogP contribution in [0.5, 0.6) is 0 Å². The first-order chi connectivity index (χ1) is 21.6. The average molecular weight is 687 g/mol. The number of unbranched alkanes of at least 4 members (excludes halogenated alkanes) is 1. The maximum atomic E-state index is 14.5. The molecule has 0 saturated heterocycles. The molecule has 4 aromatic rings. The summed E-state index contributed by atoms with van der Waals surface area (Å²) in [5.41, 5.74) is 1.37. The third-order valence-electron chi connectivity index (χ3n) is 7.22. The van der Waals surface area contributed by atoms with Gasteiger partial charge in [0.15, 0.2) is 0 Å². The maximum Gasteiger partial charge on any atom is 0.264 e. The second-order valence-corrected chi connectivity index (χ2v) is 13.4. The number of hydrogen-bond acceptors (Lipinski definition) is 4. The zero-order valence-electron chi connectivity index (χ0n) is 24.7. The minimum absolute atomic E-state index is 0.0171. The minimum atomic E-state index is -4.27. The molecule has 11 heteroatoms. The second-order valence-electron chi connectivity index (χ2n) is 10.3. The molecule has 45 heavy (non-hydrogen) atoms. The van der Waals surface area contributed by atoms with Gasteiger partial charge in [-0.15, -0.1) is 0 Å². The van der Waals surface area contributed by atoms with E-state index >= 15 is 0 Å². The first-order valence-electron chi connectivity index (χ1n) is 14.5. The molecule has 7 nitrogen and oxygen atoms in total. The number of rotatable bonds is 14. The highest BCUT2D eigenvalue weighted by Gasteiger charge is 2.35. The Labute approximate surface area is 279 Å². The van der Waals surface area contributed by atoms with E-state index in [-0.39, 0.29) is 34.5 Å². The largest absolute Gasteiger partial charge is 0.354 e. The predicted molar refractivity (Wildman–Crippen MR) is 181 cm³/mol. The van der Waals surface area contributed by atoms with Crippen molar-refractivity contribution in [1.29, 1.82) is 0 Å². The Morgan fingerprint density at radius 1 is 0.778 bits per heavy atom. The van der Waals surface area contributed by atoms with Crippen molar-refractivity contribution >= 4 is 62.3 Å². The van der Waals surface area contributed by atoms with Crippen molar-refractivity contribution in [1.82, 2.24) is 10.2 Å². The third-order valence-corrected chi connectivity index (χ3v) is 10.0. The van der Waals surface area contributed by atoms with E-state index in [1.807, 2.05) is 37.3 Å². The summed E-state index contributed by atoms with van der Waals surface area (Å²) in [6.45, 7) is 1.65. The van der Waals surface area contributed by atoms with Gasteiger partial charge in [-0.05, 0) is 48.4 Å². The predicted octanol–water partition coefficient (Wildman–Crippen LogP) is 7.40. The molecule has 4 aromatic carbocycles. The highest BCUT2D eigenvalue weighted by Crippen LogP contribution is 2.32. The Bertz CT molecular complexity index is 1690. The summed E-state index contributed by atoms with van der Waals surface area (Å²) >= 11 is 19.6. The Morgan fingerprint density at radius 3 is 1.98 bits per heavy atom. The van der Waals surface area contributed by atoms with Gasteiger partial charge >= 0.3 is 0 Å². The van der Waals surface area contributed by atoms with Gasteiger partial charge in [0.1, 0.15) is 12.6 Å². The van der Waals surface area contributed by atoms with E-state index in [9.17, 15) is 18.0 Å². The van der Waals surface area contributed by atoms with Gasteiger partial charge in [-0.2, -0.15) is 0 Å². The SMILES string of the molecule is CCCCNC(=O)[C@H](Cc1ccccc1)N(Cc1c(Cl)cccc1Cl)C(=O)CN(c1ccccc1Cl)S(=O)(=O)c1ccccc1. The number of amides is 2. The lowest BCUT2D eigenvalue weighted by Gasteiger charge is -2.34. The molecule has 0 heterocycles. The van der Waals surface area contributed by atoms with Crippen LogP contribution in [0, 0.1) is 0 Å². The molecule has 0 aromatic heterocycles. The summed E-state index contributed by atoms with van der Waals surface area (Å²) in [6.07, 6.45) is 1.79. The van der Waals surface area contributed by atoms with Gasteiger partial charge in [-0.25, -0.2) is 8.42 Å². The molecule has 0 radical (unpaired) electrons. The van der Waals surface area contributed by atoms with E-state index in [1.54, 1.807) is 54.6 Å². The smallest absolute Gasteiger partial charge is 0.264 e. The summed E-state index contributed by atoms with van der Waals surface area (Å²) < 4.78 is 29.1. The van der Waals surface area contributed by atoms with E-state index in [1.165, 1.54) is 23.1 Å². The van der Waals surface area contributed by atoms with Crippen molar-refractivity contribution in [2.45, 2.75) is 43.7 Å². The van der Waals surface area contributed by atoms with E-state index in [2.05, 4.69) is 5.32 Å². The average Bonchev–Trinajstić information content (AvgIpc) is 3.04. The lowest BCUT2D eigenvalue weighted by molar-refractivity contribution is -0.140. The maximum absolute atomic E-state index is 14.5. The van der Waals surface area contributed by atoms with E-state index in [4.69, 9.17) is 34.8 Å². The number of nitrogens with one attached hydrogen (secondary N) is 1.